The molecule has 0 spiro atoms. The number of nitrogen functional groups attached to an aromatic ring is 1. The largest absolute Gasteiger partial charge is 0.398 e. The molecule has 0 aliphatic rings. The monoisotopic (exact) mass is 322 g/mol. The van der Waals surface area contributed by atoms with Crippen molar-refractivity contribution in [2.75, 3.05) is 5.73 Å². The highest BCUT2D eigenvalue weighted by Crippen LogP contribution is 2.33. The minimum atomic E-state index is 0.771. The van der Waals surface area contributed by atoms with E-state index in [2.05, 4.69) is 43.3 Å². The maximum absolute atomic E-state index is 6.57. The van der Waals surface area contributed by atoms with Gasteiger partial charge in [-0.3, -0.25) is 4.98 Å². The summed E-state index contributed by atoms with van der Waals surface area (Å²) in [6, 6.07) is 4.08. The molecule has 0 aliphatic heterocycles. The Bertz CT molecular complexity index is 863. The first-order chi connectivity index (χ1) is 11.6. The van der Waals surface area contributed by atoms with Crippen LogP contribution in [-0.4, -0.2) is 14.5 Å². The first-order valence-corrected chi connectivity index (χ1v) is 8.73. The third-order valence-corrected chi connectivity index (χ3v) is 4.89. The van der Waals surface area contributed by atoms with Gasteiger partial charge in [0.25, 0.3) is 0 Å². The smallest absolute Gasteiger partial charge is 0.143 e. The Morgan fingerprint density at radius 2 is 2.00 bits per heavy atom. The average molecular weight is 322 g/mol. The highest BCUT2D eigenvalue weighted by Gasteiger charge is 2.19. The van der Waals surface area contributed by atoms with Crippen LogP contribution in [0.25, 0.3) is 11.0 Å². The quantitative estimate of drug-likeness (QED) is 0.766. The molecule has 0 unspecified atom stereocenters. The van der Waals surface area contributed by atoms with Crippen LogP contribution in [-0.2, 0) is 19.4 Å². The molecular weight excluding hydrogens is 296 g/mol. The van der Waals surface area contributed by atoms with Crippen LogP contribution < -0.4 is 5.73 Å². The van der Waals surface area contributed by atoms with E-state index < -0.39 is 0 Å². The maximum Gasteiger partial charge on any atom is 0.143 e. The normalized spacial score (nSPS) is 11.3. The summed E-state index contributed by atoms with van der Waals surface area (Å²) in [6.45, 7) is 9.42. The van der Waals surface area contributed by atoms with E-state index in [-0.39, 0.29) is 0 Å². The van der Waals surface area contributed by atoms with Gasteiger partial charge in [-0.2, -0.15) is 0 Å². The fraction of sp³-hybridized carbons (Fsp3) is 0.400. The van der Waals surface area contributed by atoms with Gasteiger partial charge in [0.1, 0.15) is 5.65 Å². The van der Waals surface area contributed by atoms with Gasteiger partial charge in [-0.25, -0.2) is 4.98 Å². The van der Waals surface area contributed by atoms with Crippen molar-refractivity contribution >= 4 is 16.7 Å². The van der Waals surface area contributed by atoms with Crippen LogP contribution in [0, 0.1) is 13.8 Å². The summed E-state index contributed by atoms with van der Waals surface area (Å²) in [6.07, 6.45) is 6.69. The number of pyridine rings is 2. The Kier molecular flexibility index (Phi) is 4.56. The van der Waals surface area contributed by atoms with Gasteiger partial charge in [-0.1, -0.05) is 26.3 Å². The fourth-order valence-electron chi connectivity index (χ4n) is 3.49. The molecule has 0 fully saturated rings. The highest BCUT2D eigenvalue weighted by molar-refractivity contribution is 5.95. The number of hydrogen-bond acceptors (Lipinski definition) is 3. The number of aryl methyl sites for hydroxylation is 2. The predicted molar refractivity (Wildman–Crippen MR) is 100 cm³/mol. The lowest BCUT2D eigenvalue weighted by Gasteiger charge is -2.13. The minimum absolute atomic E-state index is 0.771. The van der Waals surface area contributed by atoms with Crippen molar-refractivity contribution in [2.45, 2.75) is 53.5 Å². The Balaban J connectivity index is 2.24. The van der Waals surface area contributed by atoms with E-state index in [0.717, 1.165) is 48.2 Å². The Morgan fingerprint density at radius 3 is 2.62 bits per heavy atom. The summed E-state index contributed by atoms with van der Waals surface area (Å²) in [7, 11) is 0. The topological polar surface area (TPSA) is 56.7 Å². The zero-order valence-electron chi connectivity index (χ0n) is 15.1. The van der Waals surface area contributed by atoms with E-state index in [0.29, 0.717) is 0 Å². The third kappa shape index (κ3) is 2.66. The van der Waals surface area contributed by atoms with Crippen LogP contribution in [0.5, 0.6) is 0 Å². The van der Waals surface area contributed by atoms with Crippen LogP contribution in [0.2, 0.25) is 0 Å². The molecule has 0 atom stereocenters. The van der Waals surface area contributed by atoms with Gasteiger partial charge in [0, 0.05) is 34.9 Å². The summed E-state index contributed by atoms with van der Waals surface area (Å²) < 4.78 is 2.27. The second kappa shape index (κ2) is 6.63. The molecule has 2 N–H and O–H groups in total. The Labute approximate surface area is 143 Å². The van der Waals surface area contributed by atoms with Crippen LogP contribution in [0.3, 0.4) is 0 Å². The number of aromatic nitrogens is 3. The van der Waals surface area contributed by atoms with Gasteiger partial charge in [-0.05, 0) is 49.4 Å². The molecule has 0 radical (unpaired) electrons. The molecule has 24 heavy (non-hydrogen) atoms. The number of hydrogen-bond donors (Lipinski definition) is 1. The van der Waals surface area contributed by atoms with Crippen molar-refractivity contribution in [1.29, 1.82) is 0 Å². The van der Waals surface area contributed by atoms with Gasteiger partial charge in [0.2, 0.25) is 0 Å². The highest BCUT2D eigenvalue weighted by atomic mass is 15.1. The second-order valence-corrected chi connectivity index (χ2v) is 6.41. The number of anilines is 1. The second-order valence-electron chi connectivity index (χ2n) is 6.41. The van der Waals surface area contributed by atoms with Crippen molar-refractivity contribution < 1.29 is 0 Å². The Hall–Kier alpha value is -2.36. The summed E-state index contributed by atoms with van der Waals surface area (Å²) in [5, 5.41) is 1.12. The molecular formula is C20H26N4. The number of nitrogens with two attached hydrogens (primary N) is 1. The van der Waals surface area contributed by atoms with E-state index in [1.54, 1.807) is 6.20 Å². The van der Waals surface area contributed by atoms with Gasteiger partial charge in [0.05, 0.1) is 6.54 Å². The molecule has 3 aromatic rings. The van der Waals surface area contributed by atoms with E-state index in [9.17, 15) is 0 Å². The molecule has 3 heterocycles. The van der Waals surface area contributed by atoms with Crippen molar-refractivity contribution in [2.24, 2.45) is 0 Å². The number of rotatable bonds is 5. The lowest BCUT2D eigenvalue weighted by Crippen LogP contribution is -2.07. The van der Waals surface area contributed by atoms with Crippen LogP contribution >= 0.6 is 0 Å². The van der Waals surface area contributed by atoms with E-state index in [1.165, 1.54) is 22.4 Å². The molecule has 0 saturated heterocycles. The van der Waals surface area contributed by atoms with Gasteiger partial charge in [-0.15, -0.1) is 0 Å². The molecule has 4 heteroatoms. The van der Waals surface area contributed by atoms with Crippen molar-refractivity contribution in [3.63, 3.8) is 0 Å². The molecule has 4 nitrogen and oxygen atoms in total. The van der Waals surface area contributed by atoms with Gasteiger partial charge < -0.3 is 10.3 Å². The summed E-state index contributed by atoms with van der Waals surface area (Å²) >= 11 is 0. The number of nitrogens with zero attached hydrogens (tertiary/aromatic N) is 3. The van der Waals surface area contributed by atoms with Crippen LogP contribution in [0.15, 0.2) is 24.5 Å². The van der Waals surface area contributed by atoms with E-state index in [4.69, 9.17) is 10.7 Å². The lowest BCUT2D eigenvalue weighted by molar-refractivity contribution is 0.778. The van der Waals surface area contributed by atoms with Crippen molar-refractivity contribution in [1.82, 2.24) is 14.5 Å². The van der Waals surface area contributed by atoms with Gasteiger partial charge in [0.15, 0.2) is 0 Å². The third-order valence-electron chi connectivity index (χ3n) is 4.89. The van der Waals surface area contributed by atoms with Crippen molar-refractivity contribution in [3.8, 4) is 0 Å². The zero-order chi connectivity index (χ0) is 17.3. The predicted octanol–water partition coefficient (Wildman–Crippen LogP) is 4.19. The standard InChI is InChI=1S/C20H26N4/c1-5-8-17-16(6-2)19(21)18-13(3)14(4)24(20(18)23-17)12-15-9-7-10-22-11-15/h7,9-11H,5-6,8,12H2,1-4H3,(H2,21,23). The average Bonchev–Trinajstić information content (AvgIpc) is 2.81. The zero-order valence-corrected chi connectivity index (χ0v) is 15.1. The SMILES string of the molecule is CCCc1nc2c(c(C)c(C)n2Cc2cccnc2)c(N)c1CC. The van der Waals surface area contributed by atoms with E-state index in [1.807, 2.05) is 12.3 Å². The molecule has 0 aromatic carbocycles. The van der Waals surface area contributed by atoms with Crippen molar-refractivity contribution in [3.05, 3.63) is 52.6 Å². The maximum atomic E-state index is 6.57. The van der Waals surface area contributed by atoms with Gasteiger partial charge >= 0.3 is 0 Å². The molecule has 0 amide bonds. The Morgan fingerprint density at radius 1 is 1.21 bits per heavy atom. The first-order valence-electron chi connectivity index (χ1n) is 8.73. The minimum Gasteiger partial charge on any atom is -0.398 e. The summed E-state index contributed by atoms with van der Waals surface area (Å²) in [5.74, 6) is 0. The first kappa shape index (κ1) is 16.5. The number of fused-ring (bicyclic) bond motifs is 1. The lowest BCUT2D eigenvalue weighted by atomic mass is 10.0. The summed E-state index contributed by atoms with van der Waals surface area (Å²) in [5.41, 5.74) is 14.5. The fourth-order valence-corrected chi connectivity index (χ4v) is 3.49. The van der Waals surface area contributed by atoms with E-state index >= 15 is 0 Å². The molecule has 3 rings (SSSR count). The van der Waals surface area contributed by atoms with Crippen LogP contribution in [0.4, 0.5) is 5.69 Å². The molecule has 0 aliphatic carbocycles. The molecule has 0 saturated carbocycles. The molecule has 3 aromatic heterocycles. The molecule has 0 bridgehead atoms. The van der Waals surface area contributed by atoms with Crippen LogP contribution in [0.1, 0.15) is 48.3 Å². The summed E-state index contributed by atoms with van der Waals surface area (Å²) in [4.78, 5) is 9.27. The molecule has 126 valence electrons.